The van der Waals surface area contributed by atoms with Crippen LogP contribution in [0.25, 0.3) is 0 Å². The molecule has 2 aromatic rings. The summed E-state index contributed by atoms with van der Waals surface area (Å²) in [5, 5.41) is 2.87. The first-order valence-corrected chi connectivity index (χ1v) is 11.1. The second-order valence-corrected chi connectivity index (χ2v) is 8.49. The number of benzene rings is 2. The normalized spacial score (nSPS) is 11.3. The molecule has 0 heterocycles. The third kappa shape index (κ3) is 5.32. The van der Waals surface area contributed by atoms with Crippen LogP contribution in [0.5, 0.6) is 0 Å². The van der Waals surface area contributed by atoms with Crippen molar-refractivity contribution in [2.24, 2.45) is 0 Å². The minimum absolute atomic E-state index is 0.0859. The Kier molecular flexibility index (Phi) is 7.02. The van der Waals surface area contributed by atoms with Crippen molar-refractivity contribution in [2.45, 2.75) is 40.0 Å². The summed E-state index contributed by atoms with van der Waals surface area (Å²) < 4.78 is 26.4. The van der Waals surface area contributed by atoms with Crippen molar-refractivity contribution < 1.29 is 13.2 Å². The van der Waals surface area contributed by atoms with Gasteiger partial charge in [0.15, 0.2) is 0 Å². The van der Waals surface area contributed by atoms with E-state index >= 15 is 0 Å². The summed E-state index contributed by atoms with van der Waals surface area (Å²) in [7, 11) is -3.51. The largest absolute Gasteiger partial charge is 0.326 e. The molecule has 5 nitrogen and oxygen atoms in total. The molecule has 2 aromatic carbocycles. The fourth-order valence-corrected chi connectivity index (χ4v) is 4.10. The summed E-state index contributed by atoms with van der Waals surface area (Å²) in [5.41, 5.74) is 4.37. The van der Waals surface area contributed by atoms with Crippen LogP contribution in [0.3, 0.4) is 0 Å². The van der Waals surface area contributed by atoms with Gasteiger partial charge in [-0.3, -0.25) is 9.10 Å². The number of hydrogen-bond donors (Lipinski definition) is 1. The maximum Gasteiger partial charge on any atom is 0.232 e. The van der Waals surface area contributed by atoms with Gasteiger partial charge < -0.3 is 5.32 Å². The van der Waals surface area contributed by atoms with Crippen LogP contribution in [0.15, 0.2) is 42.5 Å². The zero-order chi connectivity index (χ0) is 20.0. The molecule has 6 heteroatoms. The molecule has 0 radical (unpaired) electrons. The molecule has 27 heavy (non-hydrogen) atoms. The molecule has 0 fully saturated rings. The lowest BCUT2D eigenvalue weighted by atomic mass is 10.0. The Morgan fingerprint density at radius 1 is 1.00 bits per heavy atom. The molecule has 0 aliphatic heterocycles. The van der Waals surface area contributed by atoms with Crippen molar-refractivity contribution in [1.29, 1.82) is 0 Å². The van der Waals surface area contributed by atoms with Gasteiger partial charge in [-0.15, -0.1) is 0 Å². The van der Waals surface area contributed by atoms with E-state index in [0.29, 0.717) is 5.69 Å². The predicted octanol–water partition coefficient (Wildman–Crippen LogP) is 3.91. The van der Waals surface area contributed by atoms with Gasteiger partial charge in [0.1, 0.15) is 0 Å². The maximum absolute atomic E-state index is 12.5. The van der Waals surface area contributed by atoms with Gasteiger partial charge in [-0.05, 0) is 42.5 Å². The topological polar surface area (TPSA) is 66.5 Å². The van der Waals surface area contributed by atoms with Gasteiger partial charge in [-0.1, -0.05) is 50.2 Å². The SMILES string of the molecule is CCc1cccc(CC)c1N(CCC(=O)Nc1ccccc1C)S(C)(=O)=O. The number of aryl methyl sites for hydroxylation is 3. The number of carbonyl (C=O) groups is 1. The average Bonchev–Trinajstić information content (AvgIpc) is 2.62. The van der Waals surface area contributed by atoms with Crippen molar-refractivity contribution in [3.05, 3.63) is 59.2 Å². The van der Waals surface area contributed by atoms with Gasteiger partial charge in [-0.2, -0.15) is 0 Å². The van der Waals surface area contributed by atoms with Crippen LogP contribution in [-0.2, 0) is 27.7 Å². The number of rotatable bonds is 8. The van der Waals surface area contributed by atoms with Gasteiger partial charge in [-0.25, -0.2) is 8.42 Å². The van der Waals surface area contributed by atoms with E-state index in [1.54, 1.807) is 0 Å². The van der Waals surface area contributed by atoms with Crippen LogP contribution >= 0.6 is 0 Å². The van der Waals surface area contributed by atoms with Crippen molar-refractivity contribution >= 4 is 27.3 Å². The first-order valence-electron chi connectivity index (χ1n) is 9.21. The zero-order valence-corrected chi connectivity index (χ0v) is 17.3. The highest BCUT2D eigenvalue weighted by atomic mass is 32.2. The van der Waals surface area contributed by atoms with Crippen molar-refractivity contribution in [1.82, 2.24) is 0 Å². The van der Waals surface area contributed by atoms with Crippen LogP contribution in [0.4, 0.5) is 11.4 Å². The number of nitrogens with one attached hydrogen (secondary N) is 1. The molecule has 0 aliphatic rings. The van der Waals surface area contributed by atoms with E-state index < -0.39 is 10.0 Å². The van der Waals surface area contributed by atoms with E-state index in [1.165, 1.54) is 10.6 Å². The Morgan fingerprint density at radius 2 is 1.59 bits per heavy atom. The highest BCUT2D eigenvalue weighted by molar-refractivity contribution is 7.92. The van der Waals surface area contributed by atoms with Crippen molar-refractivity contribution in [3.63, 3.8) is 0 Å². The number of sulfonamides is 1. The second-order valence-electron chi connectivity index (χ2n) is 6.58. The van der Waals surface area contributed by atoms with E-state index in [9.17, 15) is 13.2 Å². The molecular formula is C21H28N2O3S. The van der Waals surface area contributed by atoms with Crippen LogP contribution < -0.4 is 9.62 Å². The third-order valence-corrected chi connectivity index (χ3v) is 5.74. The van der Waals surface area contributed by atoms with E-state index in [1.807, 2.05) is 63.2 Å². The lowest BCUT2D eigenvalue weighted by Gasteiger charge is -2.27. The van der Waals surface area contributed by atoms with Crippen molar-refractivity contribution in [3.8, 4) is 0 Å². The molecule has 0 saturated heterocycles. The smallest absolute Gasteiger partial charge is 0.232 e. The summed E-state index contributed by atoms with van der Waals surface area (Å²) in [6.45, 7) is 6.04. The molecule has 0 aromatic heterocycles. The van der Waals surface area contributed by atoms with E-state index in [2.05, 4.69) is 5.32 Å². The summed E-state index contributed by atoms with van der Waals surface area (Å²) >= 11 is 0. The average molecular weight is 389 g/mol. The van der Waals surface area contributed by atoms with Crippen LogP contribution in [0.2, 0.25) is 0 Å². The van der Waals surface area contributed by atoms with Gasteiger partial charge in [0.2, 0.25) is 15.9 Å². The second kappa shape index (κ2) is 9.04. The quantitative estimate of drug-likeness (QED) is 0.745. The molecular weight excluding hydrogens is 360 g/mol. The Labute approximate surface area is 162 Å². The number of nitrogens with zero attached hydrogens (tertiary/aromatic N) is 1. The Hall–Kier alpha value is -2.34. The molecule has 0 unspecified atom stereocenters. The molecule has 0 spiro atoms. The molecule has 2 rings (SSSR count). The first kappa shape index (κ1) is 21.0. The molecule has 1 amide bonds. The summed E-state index contributed by atoms with van der Waals surface area (Å²) in [6.07, 6.45) is 2.73. The minimum atomic E-state index is -3.51. The molecule has 0 saturated carbocycles. The number of carbonyl (C=O) groups excluding carboxylic acids is 1. The Bertz CT molecular complexity index is 885. The fourth-order valence-electron chi connectivity index (χ4n) is 3.11. The number of amides is 1. The van der Waals surface area contributed by atoms with E-state index in [0.717, 1.165) is 35.2 Å². The number of para-hydroxylation sites is 2. The van der Waals surface area contributed by atoms with Gasteiger partial charge in [0, 0.05) is 18.7 Å². The van der Waals surface area contributed by atoms with Crippen LogP contribution in [0.1, 0.15) is 37.0 Å². The van der Waals surface area contributed by atoms with E-state index in [4.69, 9.17) is 0 Å². The fraction of sp³-hybridized carbons (Fsp3) is 0.381. The van der Waals surface area contributed by atoms with Crippen LogP contribution in [0, 0.1) is 6.92 Å². The predicted molar refractivity (Wildman–Crippen MR) is 112 cm³/mol. The first-order chi connectivity index (χ1) is 12.8. The summed E-state index contributed by atoms with van der Waals surface area (Å²) in [4.78, 5) is 12.4. The van der Waals surface area contributed by atoms with Crippen molar-refractivity contribution in [2.75, 3.05) is 22.4 Å². The maximum atomic E-state index is 12.5. The number of hydrogen-bond acceptors (Lipinski definition) is 3. The lowest BCUT2D eigenvalue weighted by Crippen LogP contribution is -2.34. The highest BCUT2D eigenvalue weighted by Gasteiger charge is 2.23. The molecule has 0 bridgehead atoms. The third-order valence-electron chi connectivity index (χ3n) is 4.58. The van der Waals surface area contributed by atoms with E-state index in [-0.39, 0.29) is 18.9 Å². The zero-order valence-electron chi connectivity index (χ0n) is 16.5. The van der Waals surface area contributed by atoms with Gasteiger partial charge >= 0.3 is 0 Å². The monoisotopic (exact) mass is 388 g/mol. The van der Waals surface area contributed by atoms with Crippen LogP contribution in [-0.4, -0.2) is 27.1 Å². The number of anilines is 2. The molecule has 1 N–H and O–H groups in total. The minimum Gasteiger partial charge on any atom is -0.326 e. The molecule has 0 atom stereocenters. The lowest BCUT2D eigenvalue weighted by molar-refractivity contribution is -0.116. The summed E-state index contributed by atoms with van der Waals surface area (Å²) in [6, 6.07) is 13.4. The Morgan fingerprint density at radius 3 is 2.11 bits per heavy atom. The van der Waals surface area contributed by atoms with Gasteiger partial charge in [0.05, 0.1) is 11.9 Å². The van der Waals surface area contributed by atoms with Gasteiger partial charge in [0.25, 0.3) is 0 Å². The standard InChI is InChI=1S/C21H28N2O3S/c1-5-17-11-9-12-18(6-2)21(17)23(27(4,25)26)15-14-20(24)22-19-13-8-7-10-16(19)3/h7-13H,5-6,14-15H2,1-4H3,(H,22,24). The molecule has 146 valence electrons. The summed E-state index contributed by atoms with van der Waals surface area (Å²) in [5.74, 6) is -0.204. The highest BCUT2D eigenvalue weighted by Crippen LogP contribution is 2.29. The Balaban J connectivity index is 2.25. The molecule has 0 aliphatic carbocycles.